The molecule has 1 aliphatic rings. The van der Waals surface area contributed by atoms with Gasteiger partial charge in [0.1, 0.15) is 0 Å². The number of carbonyl (C=O) groups excluding carboxylic acids is 1. The predicted molar refractivity (Wildman–Crippen MR) is 49.5 cm³/mol. The summed E-state index contributed by atoms with van der Waals surface area (Å²) < 4.78 is 51.6. The largest absolute Gasteiger partial charge is 0.361 e. The Morgan fingerprint density at radius 3 is 2.00 bits per heavy atom. The van der Waals surface area contributed by atoms with Gasteiger partial charge in [0.15, 0.2) is 0 Å². The molecule has 1 saturated heterocycles. The van der Waals surface area contributed by atoms with Gasteiger partial charge in [-0.2, -0.15) is 17.6 Å². The Hall–Kier alpha value is 0.120. The van der Waals surface area contributed by atoms with Gasteiger partial charge in [-0.25, -0.2) is 0 Å². The van der Waals surface area contributed by atoms with Gasteiger partial charge in [0.25, 0.3) is 0 Å². The molecule has 0 atom stereocenters. The fourth-order valence-corrected chi connectivity index (χ4v) is 2.87. The second-order valence-corrected chi connectivity index (χ2v) is 5.08. The summed E-state index contributed by atoms with van der Waals surface area (Å²) in [6.45, 7) is 0. The summed E-state index contributed by atoms with van der Waals surface area (Å²) in [5.74, 6) is -1.13. The molecule has 0 saturated carbocycles. The maximum absolute atomic E-state index is 12.9. The normalized spacial score (nSPS) is 22.4. The summed E-state index contributed by atoms with van der Waals surface area (Å²) in [6.07, 6.45) is -0.133. The highest BCUT2D eigenvalue weighted by atomic mass is 35.5. The van der Waals surface area contributed by atoms with Crippen molar-refractivity contribution in [2.24, 2.45) is 0 Å². The lowest BCUT2D eigenvalue weighted by molar-refractivity contribution is -0.132. The number of rotatable bonds is 2. The molecule has 1 N–H and O–H groups in total. The first-order valence-electron chi connectivity index (χ1n) is 3.68. The Bertz CT molecular complexity index is 263. The molecule has 0 aromatic heterocycles. The molecule has 0 radical (unpaired) electrons. The van der Waals surface area contributed by atoms with Crippen LogP contribution in [-0.4, -0.2) is 27.3 Å². The monoisotopic (exact) mass is 285 g/mol. The molecule has 9 heteroatoms. The van der Waals surface area contributed by atoms with Gasteiger partial charge in [-0.15, -0.1) is 11.8 Å². The summed E-state index contributed by atoms with van der Waals surface area (Å²) in [5, 5.41) is -7.23. The lowest BCUT2D eigenvalue weighted by Crippen LogP contribution is -2.66. The molecule has 15 heavy (non-hydrogen) atoms. The van der Waals surface area contributed by atoms with Gasteiger partial charge >= 0.3 is 10.8 Å². The lowest BCUT2D eigenvalue weighted by Gasteiger charge is -2.41. The molecular formula is C6H5Cl2F4NOS. The van der Waals surface area contributed by atoms with Crippen molar-refractivity contribution in [1.82, 2.24) is 5.32 Å². The van der Waals surface area contributed by atoms with Crippen molar-refractivity contribution in [3.8, 4) is 0 Å². The van der Waals surface area contributed by atoms with E-state index < -0.39 is 21.5 Å². The van der Waals surface area contributed by atoms with Crippen molar-refractivity contribution >= 4 is 40.9 Å². The van der Waals surface area contributed by atoms with Gasteiger partial charge < -0.3 is 5.32 Å². The molecule has 1 aliphatic heterocycles. The molecule has 1 heterocycles. The standard InChI is InChI=1S/C6H5Cl2F4NOS/c7-5(9,10)4(6(8,11)12)13-3(14)1-2-15-4/h1-2H2,(H,13,14). The Balaban J connectivity index is 3.13. The van der Waals surface area contributed by atoms with Gasteiger partial charge in [-0.1, -0.05) is 0 Å². The highest BCUT2D eigenvalue weighted by Gasteiger charge is 2.69. The van der Waals surface area contributed by atoms with E-state index in [0.717, 1.165) is 0 Å². The number of hydrogen-bond donors (Lipinski definition) is 1. The third-order valence-corrected chi connectivity index (χ3v) is 4.01. The molecule has 0 aromatic rings. The summed E-state index contributed by atoms with van der Waals surface area (Å²) in [4.78, 5) is 7.57. The number of alkyl halides is 6. The number of thioether (sulfide) groups is 1. The van der Waals surface area contributed by atoms with Crippen molar-refractivity contribution in [2.45, 2.75) is 22.1 Å². The second kappa shape index (κ2) is 3.85. The maximum Gasteiger partial charge on any atom is 0.361 e. The minimum absolute atomic E-state index is 0.132. The molecule has 2 nitrogen and oxygen atoms in total. The quantitative estimate of drug-likeness (QED) is 0.624. The summed E-state index contributed by atoms with van der Waals surface area (Å²) in [6, 6.07) is 0. The van der Waals surface area contributed by atoms with E-state index in [9.17, 15) is 22.4 Å². The van der Waals surface area contributed by atoms with Crippen molar-refractivity contribution in [2.75, 3.05) is 5.75 Å². The Kier molecular flexibility index (Phi) is 3.39. The Morgan fingerprint density at radius 1 is 1.27 bits per heavy atom. The van der Waals surface area contributed by atoms with Gasteiger partial charge in [-0.05, 0) is 23.2 Å². The van der Waals surface area contributed by atoms with E-state index in [-0.39, 0.29) is 23.9 Å². The summed E-state index contributed by atoms with van der Waals surface area (Å²) >= 11 is 9.30. The average molecular weight is 286 g/mol. The number of hydrogen-bond acceptors (Lipinski definition) is 2. The summed E-state index contributed by atoms with van der Waals surface area (Å²) in [5.41, 5.74) is 0. The summed E-state index contributed by atoms with van der Waals surface area (Å²) in [7, 11) is 0. The van der Waals surface area contributed by atoms with Gasteiger partial charge in [-0.3, -0.25) is 4.79 Å². The smallest absolute Gasteiger partial charge is 0.329 e. The topological polar surface area (TPSA) is 29.1 Å². The molecule has 0 unspecified atom stereocenters. The fourth-order valence-electron chi connectivity index (χ4n) is 1.06. The van der Waals surface area contributed by atoms with E-state index in [2.05, 4.69) is 23.2 Å². The van der Waals surface area contributed by atoms with E-state index in [4.69, 9.17) is 0 Å². The Labute approximate surface area is 96.7 Å². The molecule has 1 amide bonds. The van der Waals surface area contributed by atoms with Crippen LogP contribution in [0.5, 0.6) is 0 Å². The minimum Gasteiger partial charge on any atom is -0.329 e. The van der Waals surface area contributed by atoms with E-state index in [1.54, 1.807) is 0 Å². The molecule has 0 aromatic carbocycles. The van der Waals surface area contributed by atoms with Gasteiger partial charge in [0.2, 0.25) is 10.8 Å². The van der Waals surface area contributed by atoms with Crippen LogP contribution in [-0.2, 0) is 4.79 Å². The van der Waals surface area contributed by atoms with Crippen LogP contribution in [0, 0.1) is 0 Å². The molecule has 1 rings (SSSR count). The van der Waals surface area contributed by atoms with Gasteiger partial charge in [0.05, 0.1) is 0 Å². The number of nitrogens with one attached hydrogen (secondary N) is 1. The Morgan fingerprint density at radius 2 is 1.73 bits per heavy atom. The zero-order valence-electron chi connectivity index (χ0n) is 7.00. The van der Waals surface area contributed by atoms with Gasteiger partial charge in [0, 0.05) is 12.2 Å². The fraction of sp³-hybridized carbons (Fsp3) is 0.833. The van der Waals surface area contributed by atoms with E-state index in [0.29, 0.717) is 0 Å². The van der Waals surface area contributed by atoms with Crippen LogP contribution in [0.4, 0.5) is 17.6 Å². The number of halogens is 6. The highest BCUT2D eigenvalue weighted by Crippen LogP contribution is 2.53. The first-order chi connectivity index (χ1) is 6.60. The average Bonchev–Trinajstić information content (AvgIpc) is 1.99. The minimum atomic E-state index is -4.35. The van der Waals surface area contributed by atoms with Crippen LogP contribution < -0.4 is 5.32 Å². The van der Waals surface area contributed by atoms with Crippen LogP contribution in [0.25, 0.3) is 0 Å². The molecule has 0 aliphatic carbocycles. The molecule has 0 spiro atoms. The second-order valence-electron chi connectivity index (χ2n) is 2.82. The van der Waals surface area contributed by atoms with Crippen LogP contribution in [0.15, 0.2) is 0 Å². The lowest BCUT2D eigenvalue weighted by atomic mass is 10.2. The van der Waals surface area contributed by atoms with E-state index in [1.807, 2.05) is 0 Å². The van der Waals surface area contributed by atoms with Crippen molar-refractivity contribution in [3.63, 3.8) is 0 Å². The van der Waals surface area contributed by atoms with Crippen LogP contribution in [0.3, 0.4) is 0 Å². The first kappa shape index (κ1) is 13.2. The number of amides is 1. The van der Waals surface area contributed by atoms with Crippen molar-refractivity contribution in [3.05, 3.63) is 0 Å². The third-order valence-electron chi connectivity index (χ3n) is 1.76. The van der Waals surface area contributed by atoms with Crippen LogP contribution >= 0.6 is 35.0 Å². The van der Waals surface area contributed by atoms with Crippen molar-refractivity contribution in [1.29, 1.82) is 0 Å². The highest BCUT2D eigenvalue weighted by molar-refractivity contribution is 8.01. The SMILES string of the molecule is O=C1CCSC(C(F)(F)Cl)(C(F)(F)Cl)N1. The van der Waals surface area contributed by atoms with Crippen LogP contribution in [0.2, 0.25) is 0 Å². The number of carbonyl (C=O) groups is 1. The van der Waals surface area contributed by atoms with Crippen molar-refractivity contribution < 1.29 is 22.4 Å². The zero-order chi connectivity index (χ0) is 11.9. The third kappa shape index (κ3) is 2.29. The van der Waals surface area contributed by atoms with Crippen LogP contribution in [0.1, 0.15) is 6.42 Å². The molecular weight excluding hydrogens is 281 g/mol. The molecule has 88 valence electrons. The zero-order valence-corrected chi connectivity index (χ0v) is 9.33. The van der Waals surface area contributed by atoms with E-state index in [1.165, 1.54) is 5.32 Å². The molecule has 0 bridgehead atoms. The molecule has 1 fully saturated rings. The maximum atomic E-state index is 12.9. The predicted octanol–water partition coefficient (Wildman–Crippen LogP) is 2.60. The first-order valence-corrected chi connectivity index (χ1v) is 5.43. The van der Waals surface area contributed by atoms with E-state index >= 15 is 0 Å².